The van der Waals surface area contributed by atoms with Crippen molar-refractivity contribution in [1.82, 2.24) is 19.7 Å². The molecule has 7 heteroatoms. The minimum Gasteiger partial charge on any atom is -0.354 e. The van der Waals surface area contributed by atoms with Crippen molar-refractivity contribution in [2.75, 3.05) is 19.0 Å². The van der Waals surface area contributed by atoms with E-state index in [0.717, 1.165) is 28.1 Å². The number of rotatable bonds is 3. The van der Waals surface area contributed by atoms with Crippen molar-refractivity contribution in [3.05, 3.63) is 10.5 Å². The minimum atomic E-state index is 0.654. The van der Waals surface area contributed by atoms with Crippen LogP contribution in [0.4, 0.5) is 5.13 Å². The molecule has 0 amide bonds. The largest absolute Gasteiger partial charge is 0.354 e. The van der Waals surface area contributed by atoms with Crippen LogP contribution in [0.3, 0.4) is 0 Å². The highest BCUT2D eigenvalue weighted by atomic mass is 32.1. The molecule has 0 bridgehead atoms. The van der Waals surface area contributed by atoms with Crippen molar-refractivity contribution >= 4 is 28.7 Å². The van der Waals surface area contributed by atoms with Crippen LogP contribution in [0.2, 0.25) is 0 Å². The number of anilines is 1. The maximum atomic E-state index is 5.19. The molecule has 0 saturated heterocycles. The Morgan fingerprint density at radius 2 is 2.18 bits per heavy atom. The molecule has 0 aromatic carbocycles. The molecule has 0 aliphatic heterocycles. The minimum absolute atomic E-state index is 0.654. The van der Waals surface area contributed by atoms with Gasteiger partial charge in [0.1, 0.15) is 0 Å². The van der Waals surface area contributed by atoms with Crippen LogP contribution in [0.25, 0.3) is 10.7 Å². The molecule has 0 aliphatic rings. The molecule has 17 heavy (non-hydrogen) atoms. The zero-order chi connectivity index (χ0) is 12.6. The SMILES string of the molecule is CCn1c(-c2sc(N(C)C)nc2C)n[nH]c1=S. The number of hydrogen-bond acceptors (Lipinski definition) is 5. The fraction of sp³-hybridized carbons (Fsp3) is 0.500. The van der Waals surface area contributed by atoms with E-state index in [-0.39, 0.29) is 0 Å². The molecule has 0 saturated carbocycles. The van der Waals surface area contributed by atoms with E-state index in [1.54, 1.807) is 11.3 Å². The molecular weight excluding hydrogens is 254 g/mol. The summed E-state index contributed by atoms with van der Waals surface area (Å²) in [6, 6.07) is 0. The molecule has 2 aromatic heterocycles. The summed E-state index contributed by atoms with van der Waals surface area (Å²) in [4.78, 5) is 7.59. The summed E-state index contributed by atoms with van der Waals surface area (Å²) in [5.41, 5.74) is 0.988. The Hall–Kier alpha value is -1.21. The number of aryl methyl sites for hydroxylation is 1. The third-order valence-corrected chi connectivity index (χ3v) is 4.08. The Morgan fingerprint density at radius 3 is 2.71 bits per heavy atom. The lowest BCUT2D eigenvalue weighted by molar-refractivity contribution is 0.756. The van der Waals surface area contributed by atoms with Gasteiger partial charge in [0.15, 0.2) is 15.7 Å². The van der Waals surface area contributed by atoms with Gasteiger partial charge >= 0.3 is 0 Å². The number of H-pyrrole nitrogens is 1. The van der Waals surface area contributed by atoms with E-state index in [1.807, 2.05) is 30.5 Å². The van der Waals surface area contributed by atoms with E-state index in [2.05, 4.69) is 22.1 Å². The van der Waals surface area contributed by atoms with Gasteiger partial charge in [-0.25, -0.2) is 4.98 Å². The molecule has 1 N–H and O–H groups in total. The summed E-state index contributed by atoms with van der Waals surface area (Å²) >= 11 is 6.82. The third-order valence-electron chi connectivity index (χ3n) is 2.45. The van der Waals surface area contributed by atoms with Gasteiger partial charge in [0.05, 0.1) is 10.6 Å². The molecule has 2 rings (SSSR count). The monoisotopic (exact) mass is 269 g/mol. The normalized spacial score (nSPS) is 10.8. The number of nitrogens with one attached hydrogen (secondary N) is 1. The molecule has 0 fully saturated rings. The van der Waals surface area contributed by atoms with Gasteiger partial charge in [0.25, 0.3) is 0 Å². The molecule has 0 unspecified atom stereocenters. The third kappa shape index (κ3) is 2.12. The Bertz CT molecular complexity index is 578. The summed E-state index contributed by atoms with van der Waals surface area (Å²) in [5, 5.41) is 8.10. The second kappa shape index (κ2) is 4.58. The number of aromatic amines is 1. The molecule has 0 spiro atoms. The summed E-state index contributed by atoms with van der Waals surface area (Å²) in [5.74, 6) is 0.876. The molecule has 0 atom stereocenters. The lowest BCUT2D eigenvalue weighted by atomic mass is 10.4. The van der Waals surface area contributed by atoms with E-state index in [4.69, 9.17) is 12.2 Å². The van der Waals surface area contributed by atoms with Crippen molar-refractivity contribution in [3.63, 3.8) is 0 Å². The average Bonchev–Trinajstić information content (AvgIpc) is 2.81. The standard InChI is InChI=1S/C10H15N5S2/c1-5-15-8(12-13-9(15)16)7-6(2)11-10(17-7)14(3)4/h5H2,1-4H3,(H,13,16). The molecule has 0 radical (unpaired) electrons. The first-order chi connectivity index (χ1) is 8.04. The molecule has 2 aromatic rings. The van der Waals surface area contributed by atoms with Crippen LogP contribution in [-0.4, -0.2) is 33.8 Å². The van der Waals surface area contributed by atoms with E-state index in [1.165, 1.54) is 0 Å². The highest BCUT2D eigenvalue weighted by Gasteiger charge is 2.16. The zero-order valence-corrected chi connectivity index (χ0v) is 11.9. The maximum Gasteiger partial charge on any atom is 0.195 e. The highest BCUT2D eigenvalue weighted by Crippen LogP contribution is 2.32. The van der Waals surface area contributed by atoms with Gasteiger partial charge in [0.2, 0.25) is 0 Å². The van der Waals surface area contributed by atoms with E-state index in [9.17, 15) is 0 Å². The van der Waals surface area contributed by atoms with E-state index < -0.39 is 0 Å². The maximum absolute atomic E-state index is 5.19. The number of thiazole rings is 1. The van der Waals surface area contributed by atoms with Gasteiger partial charge in [-0.1, -0.05) is 11.3 Å². The molecule has 5 nitrogen and oxygen atoms in total. The van der Waals surface area contributed by atoms with Crippen molar-refractivity contribution in [2.24, 2.45) is 0 Å². The van der Waals surface area contributed by atoms with Crippen LogP contribution in [-0.2, 0) is 6.54 Å². The molecule has 92 valence electrons. The van der Waals surface area contributed by atoms with E-state index >= 15 is 0 Å². The van der Waals surface area contributed by atoms with Crippen LogP contribution in [0, 0.1) is 11.7 Å². The Balaban J connectivity index is 2.56. The van der Waals surface area contributed by atoms with Crippen molar-refractivity contribution in [1.29, 1.82) is 0 Å². The van der Waals surface area contributed by atoms with Gasteiger partial charge in [0, 0.05) is 20.6 Å². The number of hydrogen-bond donors (Lipinski definition) is 1. The topological polar surface area (TPSA) is 49.7 Å². The summed E-state index contributed by atoms with van der Waals surface area (Å²) in [6.45, 7) is 4.86. The van der Waals surface area contributed by atoms with Crippen molar-refractivity contribution in [2.45, 2.75) is 20.4 Å². The quantitative estimate of drug-likeness (QED) is 0.870. The van der Waals surface area contributed by atoms with Crippen LogP contribution in [0.5, 0.6) is 0 Å². The first kappa shape index (κ1) is 12.3. The second-order valence-corrected chi connectivity index (χ2v) is 5.27. The highest BCUT2D eigenvalue weighted by molar-refractivity contribution is 7.71. The predicted octanol–water partition coefficient (Wildman–Crippen LogP) is 2.46. The Morgan fingerprint density at radius 1 is 1.47 bits per heavy atom. The first-order valence-corrected chi connectivity index (χ1v) is 6.57. The lowest BCUT2D eigenvalue weighted by Crippen LogP contribution is -2.07. The average molecular weight is 269 g/mol. The first-order valence-electron chi connectivity index (χ1n) is 5.35. The van der Waals surface area contributed by atoms with Crippen LogP contribution >= 0.6 is 23.6 Å². The van der Waals surface area contributed by atoms with Gasteiger partial charge in [-0.05, 0) is 26.1 Å². The summed E-state index contributed by atoms with van der Waals surface area (Å²) < 4.78 is 2.64. The summed E-state index contributed by atoms with van der Waals surface area (Å²) in [7, 11) is 3.97. The molecular formula is C10H15N5S2. The van der Waals surface area contributed by atoms with Gasteiger partial charge < -0.3 is 4.90 Å². The predicted molar refractivity (Wildman–Crippen MR) is 73.3 cm³/mol. The van der Waals surface area contributed by atoms with Gasteiger partial charge in [-0.3, -0.25) is 9.67 Å². The van der Waals surface area contributed by atoms with Crippen LogP contribution < -0.4 is 4.90 Å². The Labute approximate surface area is 109 Å². The number of aromatic nitrogens is 4. The summed E-state index contributed by atoms with van der Waals surface area (Å²) in [6.07, 6.45) is 0. The van der Waals surface area contributed by atoms with Crippen LogP contribution in [0.15, 0.2) is 0 Å². The van der Waals surface area contributed by atoms with Crippen LogP contribution in [0.1, 0.15) is 12.6 Å². The number of nitrogens with zero attached hydrogens (tertiary/aromatic N) is 4. The fourth-order valence-electron chi connectivity index (χ4n) is 1.57. The van der Waals surface area contributed by atoms with Crippen molar-refractivity contribution < 1.29 is 0 Å². The van der Waals surface area contributed by atoms with Gasteiger partial charge in [-0.15, -0.1) is 0 Å². The zero-order valence-electron chi connectivity index (χ0n) is 10.3. The van der Waals surface area contributed by atoms with Gasteiger partial charge in [-0.2, -0.15) is 5.10 Å². The van der Waals surface area contributed by atoms with E-state index in [0.29, 0.717) is 4.77 Å². The van der Waals surface area contributed by atoms with Crippen molar-refractivity contribution in [3.8, 4) is 10.7 Å². The fourth-order valence-corrected chi connectivity index (χ4v) is 2.81. The Kier molecular flexibility index (Phi) is 3.30. The smallest absolute Gasteiger partial charge is 0.195 e. The molecule has 0 aliphatic carbocycles. The molecule has 2 heterocycles. The second-order valence-electron chi connectivity index (χ2n) is 3.90. The lowest BCUT2D eigenvalue weighted by Gasteiger charge is -2.05.